The first kappa shape index (κ1) is 13.4. The number of hydrogen-bond donors (Lipinski definition) is 1. The van der Waals surface area contributed by atoms with Crippen molar-refractivity contribution in [3.05, 3.63) is 58.8 Å². The van der Waals surface area contributed by atoms with E-state index in [-0.39, 0.29) is 0 Å². The van der Waals surface area contributed by atoms with E-state index in [2.05, 4.69) is 15.3 Å². The summed E-state index contributed by atoms with van der Waals surface area (Å²) in [5, 5.41) is 5.22. The van der Waals surface area contributed by atoms with Gasteiger partial charge in [-0.2, -0.15) is 0 Å². The molecule has 2 aromatic heterocycles. The van der Waals surface area contributed by atoms with Gasteiger partial charge in [-0.3, -0.25) is 0 Å². The van der Waals surface area contributed by atoms with Gasteiger partial charge in [0.15, 0.2) is 11.4 Å². The van der Waals surface area contributed by atoms with E-state index in [0.717, 1.165) is 22.2 Å². The third kappa shape index (κ3) is 2.26. The number of nitrogens with one attached hydrogen (secondary N) is 1. The van der Waals surface area contributed by atoms with Crippen molar-refractivity contribution in [2.75, 3.05) is 5.32 Å². The molecule has 0 aliphatic carbocycles. The highest BCUT2D eigenvalue weighted by atomic mass is 35.5. The van der Waals surface area contributed by atoms with Crippen LogP contribution in [0, 0.1) is 0 Å². The fourth-order valence-electron chi connectivity index (χ4n) is 2.38. The van der Waals surface area contributed by atoms with Gasteiger partial charge < -0.3 is 9.73 Å². The van der Waals surface area contributed by atoms with Gasteiger partial charge in [-0.1, -0.05) is 35.3 Å². The number of halogens is 2. The van der Waals surface area contributed by atoms with Gasteiger partial charge in [0, 0.05) is 21.1 Å². The third-order valence-electron chi connectivity index (χ3n) is 3.28. The second kappa shape index (κ2) is 5.16. The Morgan fingerprint density at radius 3 is 2.55 bits per heavy atom. The highest BCUT2D eigenvalue weighted by Crippen LogP contribution is 2.32. The number of nitrogens with zero attached hydrogens (tertiary/aromatic N) is 2. The molecule has 22 heavy (non-hydrogen) atoms. The summed E-state index contributed by atoms with van der Waals surface area (Å²) in [6.45, 7) is 0. The molecule has 0 atom stereocenters. The van der Waals surface area contributed by atoms with Crippen molar-refractivity contribution in [1.29, 1.82) is 0 Å². The Balaban J connectivity index is 1.88. The lowest BCUT2D eigenvalue weighted by Crippen LogP contribution is -1.94. The van der Waals surface area contributed by atoms with E-state index in [0.29, 0.717) is 21.4 Å². The van der Waals surface area contributed by atoms with Crippen LogP contribution < -0.4 is 5.32 Å². The molecule has 0 fully saturated rings. The summed E-state index contributed by atoms with van der Waals surface area (Å²) in [4.78, 5) is 8.56. The maximum absolute atomic E-state index is 6.02. The van der Waals surface area contributed by atoms with Crippen LogP contribution in [0.2, 0.25) is 10.0 Å². The van der Waals surface area contributed by atoms with Gasteiger partial charge in [0.2, 0.25) is 0 Å². The lowest BCUT2D eigenvalue weighted by Gasteiger charge is -2.06. The van der Waals surface area contributed by atoms with Crippen LogP contribution >= 0.6 is 23.2 Å². The summed E-state index contributed by atoms with van der Waals surface area (Å²) in [5.41, 5.74) is 2.86. The average molecular weight is 330 g/mol. The smallest absolute Gasteiger partial charge is 0.196 e. The molecule has 0 saturated heterocycles. The van der Waals surface area contributed by atoms with Crippen molar-refractivity contribution < 1.29 is 4.42 Å². The Morgan fingerprint density at radius 1 is 0.955 bits per heavy atom. The molecule has 6 heteroatoms. The van der Waals surface area contributed by atoms with Gasteiger partial charge >= 0.3 is 0 Å². The minimum Gasteiger partial charge on any atom is -0.450 e. The van der Waals surface area contributed by atoms with Crippen LogP contribution in [-0.4, -0.2) is 9.97 Å². The van der Waals surface area contributed by atoms with Gasteiger partial charge in [-0.05, 0) is 30.3 Å². The average Bonchev–Trinajstić information content (AvgIpc) is 2.86. The molecular weight excluding hydrogens is 321 g/mol. The van der Waals surface area contributed by atoms with Crippen molar-refractivity contribution in [1.82, 2.24) is 9.97 Å². The first-order valence-electron chi connectivity index (χ1n) is 6.56. The highest BCUT2D eigenvalue weighted by Gasteiger charge is 2.13. The molecule has 2 heterocycles. The van der Waals surface area contributed by atoms with Crippen LogP contribution in [0.1, 0.15) is 0 Å². The molecule has 1 N–H and O–H groups in total. The third-order valence-corrected chi connectivity index (χ3v) is 3.72. The molecule has 0 radical (unpaired) electrons. The molecule has 0 unspecified atom stereocenters. The fraction of sp³-hybridized carbons (Fsp3) is 0. The topological polar surface area (TPSA) is 51.0 Å². The summed E-state index contributed by atoms with van der Waals surface area (Å²) >= 11 is 12.0. The summed E-state index contributed by atoms with van der Waals surface area (Å²) in [7, 11) is 0. The van der Waals surface area contributed by atoms with E-state index in [1.54, 1.807) is 18.2 Å². The SMILES string of the molecule is Clc1cc(Cl)cc(Nc2ncnc3c2oc2ccccc23)c1. The van der Waals surface area contributed by atoms with Gasteiger partial charge in [0.25, 0.3) is 0 Å². The van der Waals surface area contributed by atoms with E-state index in [9.17, 15) is 0 Å². The van der Waals surface area contributed by atoms with Crippen molar-refractivity contribution in [2.24, 2.45) is 0 Å². The number of fused-ring (bicyclic) bond motifs is 3. The van der Waals surface area contributed by atoms with Gasteiger partial charge in [0.05, 0.1) is 0 Å². The van der Waals surface area contributed by atoms with E-state index in [1.807, 2.05) is 24.3 Å². The molecule has 0 amide bonds. The summed E-state index contributed by atoms with van der Waals surface area (Å²) in [6, 6.07) is 12.9. The minimum atomic E-state index is 0.546. The lowest BCUT2D eigenvalue weighted by atomic mass is 10.2. The van der Waals surface area contributed by atoms with Crippen molar-refractivity contribution in [3.63, 3.8) is 0 Å². The molecule has 2 aromatic carbocycles. The molecule has 4 rings (SSSR count). The predicted molar refractivity (Wildman–Crippen MR) is 89.1 cm³/mol. The van der Waals surface area contributed by atoms with Crippen LogP contribution in [-0.2, 0) is 0 Å². The molecular formula is C16H9Cl2N3O. The molecule has 0 spiro atoms. The maximum Gasteiger partial charge on any atom is 0.196 e. The summed E-state index contributed by atoms with van der Waals surface area (Å²) < 4.78 is 5.86. The van der Waals surface area contributed by atoms with Crippen LogP contribution in [0.15, 0.2) is 53.2 Å². The first-order valence-corrected chi connectivity index (χ1v) is 7.32. The first-order chi connectivity index (χ1) is 10.7. The van der Waals surface area contributed by atoms with E-state index < -0.39 is 0 Å². The summed E-state index contributed by atoms with van der Waals surface area (Å²) in [6.07, 6.45) is 1.50. The zero-order chi connectivity index (χ0) is 15.1. The number of furan rings is 1. The molecule has 0 aliphatic rings. The van der Waals surface area contributed by atoms with Gasteiger partial charge in [0.1, 0.15) is 17.4 Å². The van der Waals surface area contributed by atoms with Crippen molar-refractivity contribution in [3.8, 4) is 0 Å². The number of aromatic nitrogens is 2. The molecule has 108 valence electrons. The standard InChI is InChI=1S/C16H9Cl2N3O/c17-9-5-10(18)7-11(6-9)21-16-15-14(19-8-20-16)12-3-1-2-4-13(12)22-15/h1-8H,(H,19,20,21). The quantitative estimate of drug-likeness (QED) is 0.533. The monoisotopic (exact) mass is 329 g/mol. The normalized spacial score (nSPS) is 11.2. The fourth-order valence-corrected chi connectivity index (χ4v) is 2.90. The number of benzene rings is 2. The van der Waals surface area contributed by atoms with E-state index in [1.165, 1.54) is 6.33 Å². The van der Waals surface area contributed by atoms with Crippen molar-refractivity contribution in [2.45, 2.75) is 0 Å². The number of anilines is 2. The largest absolute Gasteiger partial charge is 0.450 e. The predicted octanol–water partition coefficient (Wildman–Crippen LogP) is 5.43. The van der Waals surface area contributed by atoms with Gasteiger partial charge in [-0.15, -0.1) is 0 Å². The summed E-state index contributed by atoms with van der Waals surface area (Å²) in [5.74, 6) is 0.569. The number of para-hydroxylation sites is 1. The zero-order valence-corrected chi connectivity index (χ0v) is 12.7. The van der Waals surface area contributed by atoms with Crippen LogP contribution in [0.5, 0.6) is 0 Å². The number of rotatable bonds is 2. The Morgan fingerprint density at radius 2 is 1.73 bits per heavy atom. The highest BCUT2D eigenvalue weighted by molar-refractivity contribution is 6.35. The lowest BCUT2D eigenvalue weighted by molar-refractivity contribution is 0.667. The van der Waals surface area contributed by atoms with Crippen LogP contribution in [0.25, 0.3) is 22.1 Å². The molecule has 4 aromatic rings. The second-order valence-electron chi connectivity index (χ2n) is 4.78. The van der Waals surface area contributed by atoms with E-state index >= 15 is 0 Å². The Hall–Kier alpha value is -2.30. The zero-order valence-electron chi connectivity index (χ0n) is 11.2. The minimum absolute atomic E-state index is 0.546. The Labute approximate surface area is 135 Å². The number of hydrogen-bond acceptors (Lipinski definition) is 4. The molecule has 4 nitrogen and oxygen atoms in total. The van der Waals surface area contributed by atoms with Crippen LogP contribution in [0.4, 0.5) is 11.5 Å². The molecule has 0 aliphatic heterocycles. The van der Waals surface area contributed by atoms with E-state index in [4.69, 9.17) is 27.6 Å². The maximum atomic E-state index is 6.02. The molecule has 0 bridgehead atoms. The van der Waals surface area contributed by atoms with Gasteiger partial charge in [-0.25, -0.2) is 9.97 Å². The Bertz CT molecular complexity index is 977. The Kier molecular flexibility index (Phi) is 3.13. The molecule has 0 saturated carbocycles. The van der Waals surface area contributed by atoms with Crippen molar-refractivity contribution >= 4 is 56.8 Å². The van der Waals surface area contributed by atoms with Crippen LogP contribution in [0.3, 0.4) is 0 Å². The second-order valence-corrected chi connectivity index (χ2v) is 5.65.